The van der Waals surface area contributed by atoms with Gasteiger partial charge in [0, 0.05) is 22.6 Å². The summed E-state index contributed by atoms with van der Waals surface area (Å²) in [7, 11) is 1.49. The summed E-state index contributed by atoms with van der Waals surface area (Å²) in [6.07, 6.45) is 1.36. The molecule has 2 N–H and O–H groups in total. The Morgan fingerprint density at radius 1 is 1.13 bits per heavy atom. The van der Waals surface area contributed by atoms with Gasteiger partial charge in [-0.05, 0) is 18.2 Å². The van der Waals surface area contributed by atoms with E-state index in [0.717, 1.165) is 0 Å². The Morgan fingerprint density at radius 3 is 2.57 bits per heavy atom. The maximum absolute atomic E-state index is 14.4. The van der Waals surface area contributed by atoms with Crippen LogP contribution < -0.4 is 10.5 Å². The van der Waals surface area contributed by atoms with Gasteiger partial charge in [0.2, 0.25) is 0 Å². The summed E-state index contributed by atoms with van der Waals surface area (Å²) < 4.78 is 19.8. The predicted octanol–water partition coefficient (Wildman–Crippen LogP) is 4.76. The van der Waals surface area contributed by atoms with Crippen LogP contribution in [0.1, 0.15) is 0 Å². The number of fused-ring (bicyclic) bond motifs is 1. The van der Waals surface area contributed by atoms with Crippen molar-refractivity contribution < 1.29 is 9.13 Å². The highest BCUT2D eigenvalue weighted by molar-refractivity contribution is 6.42. The monoisotopic (exact) mass is 373 g/mol. The Kier molecular flexibility index (Phi) is 5.14. The zero-order valence-corrected chi connectivity index (χ0v) is 14.1. The number of ether oxygens (including phenoxy) is 1. The van der Waals surface area contributed by atoms with Crippen molar-refractivity contribution >= 4 is 52.3 Å². The number of nitrogen functional groups attached to an aromatic ring is 1. The first kappa shape index (κ1) is 17.5. The van der Waals surface area contributed by atoms with Crippen LogP contribution in [0.3, 0.4) is 0 Å². The van der Waals surface area contributed by atoms with Gasteiger partial charge < -0.3 is 10.5 Å². The fourth-order valence-corrected chi connectivity index (χ4v) is 2.53. The molecule has 8 heteroatoms. The number of halogens is 4. The van der Waals surface area contributed by atoms with E-state index in [2.05, 4.69) is 9.97 Å². The Labute approximate surface area is 147 Å². The molecule has 0 aliphatic rings. The SMILES string of the molecule is COc1cc2ncnc(N)c2cc1-c1ccc(Cl)c(Cl)c1F.Cl. The molecular weight excluding hydrogens is 364 g/mol. The Hall–Kier alpha value is -1.82. The molecule has 3 rings (SSSR count). The molecule has 0 aliphatic heterocycles. The summed E-state index contributed by atoms with van der Waals surface area (Å²) in [4.78, 5) is 8.06. The number of anilines is 1. The maximum atomic E-state index is 14.4. The van der Waals surface area contributed by atoms with E-state index in [1.807, 2.05) is 0 Å². The quantitative estimate of drug-likeness (QED) is 0.657. The van der Waals surface area contributed by atoms with Gasteiger partial charge in [0.25, 0.3) is 0 Å². The first-order valence-electron chi connectivity index (χ1n) is 6.25. The maximum Gasteiger partial charge on any atom is 0.151 e. The topological polar surface area (TPSA) is 61.0 Å². The van der Waals surface area contributed by atoms with E-state index in [-0.39, 0.29) is 28.0 Å². The summed E-state index contributed by atoms with van der Waals surface area (Å²) in [5.74, 6) is 0.125. The van der Waals surface area contributed by atoms with Gasteiger partial charge in [-0.3, -0.25) is 0 Å². The number of hydrogen-bond acceptors (Lipinski definition) is 4. The van der Waals surface area contributed by atoms with Crippen LogP contribution in [0.5, 0.6) is 5.75 Å². The lowest BCUT2D eigenvalue weighted by Crippen LogP contribution is -1.97. The molecule has 3 aromatic rings. The van der Waals surface area contributed by atoms with Gasteiger partial charge >= 0.3 is 0 Å². The Bertz CT molecular complexity index is 889. The zero-order valence-electron chi connectivity index (χ0n) is 11.8. The molecule has 1 heterocycles. The number of nitrogens with zero attached hydrogens (tertiary/aromatic N) is 2. The number of benzene rings is 2. The normalized spacial score (nSPS) is 10.4. The molecule has 0 saturated carbocycles. The van der Waals surface area contributed by atoms with Crippen LogP contribution in [0.4, 0.5) is 10.2 Å². The molecule has 0 saturated heterocycles. The van der Waals surface area contributed by atoms with Crippen molar-refractivity contribution in [3.63, 3.8) is 0 Å². The lowest BCUT2D eigenvalue weighted by molar-refractivity contribution is 0.416. The second-order valence-corrected chi connectivity index (χ2v) is 5.34. The number of aromatic nitrogens is 2. The van der Waals surface area contributed by atoms with Crippen molar-refractivity contribution in [3.05, 3.63) is 46.5 Å². The van der Waals surface area contributed by atoms with E-state index in [9.17, 15) is 4.39 Å². The summed E-state index contributed by atoms with van der Waals surface area (Å²) >= 11 is 11.7. The van der Waals surface area contributed by atoms with Crippen LogP contribution in [-0.2, 0) is 0 Å². The molecule has 0 atom stereocenters. The van der Waals surface area contributed by atoms with Crippen molar-refractivity contribution in [1.82, 2.24) is 9.97 Å². The largest absolute Gasteiger partial charge is 0.496 e. The van der Waals surface area contributed by atoms with Crippen molar-refractivity contribution in [1.29, 1.82) is 0 Å². The fourth-order valence-electron chi connectivity index (χ4n) is 2.22. The lowest BCUT2D eigenvalue weighted by atomic mass is 10.0. The molecular formula is C15H11Cl3FN3O. The highest BCUT2D eigenvalue weighted by Gasteiger charge is 2.17. The van der Waals surface area contributed by atoms with E-state index in [1.54, 1.807) is 12.1 Å². The summed E-state index contributed by atoms with van der Waals surface area (Å²) in [5.41, 5.74) is 7.21. The Balaban J connectivity index is 0.00000192. The van der Waals surface area contributed by atoms with Crippen molar-refractivity contribution in [3.8, 4) is 16.9 Å². The van der Waals surface area contributed by atoms with Crippen LogP contribution in [0.25, 0.3) is 22.0 Å². The fraction of sp³-hybridized carbons (Fsp3) is 0.0667. The van der Waals surface area contributed by atoms with Crippen molar-refractivity contribution in [2.24, 2.45) is 0 Å². The van der Waals surface area contributed by atoms with Gasteiger partial charge in [-0.2, -0.15) is 0 Å². The average Bonchev–Trinajstić information content (AvgIpc) is 2.52. The van der Waals surface area contributed by atoms with Crippen molar-refractivity contribution in [2.75, 3.05) is 12.8 Å². The Morgan fingerprint density at radius 2 is 1.87 bits per heavy atom. The van der Waals surface area contributed by atoms with Gasteiger partial charge in [-0.25, -0.2) is 14.4 Å². The number of nitrogens with two attached hydrogens (primary N) is 1. The zero-order chi connectivity index (χ0) is 15.9. The molecule has 0 amide bonds. The second kappa shape index (κ2) is 6.74. The van der Waals surface area contributed by atoms with Gasteiger partial charge in [-0.1, -0.05) is 23.2 Å². The van der Waals surface area contributed by atoms with Crippen LogP contribution >= 0.6 is 35.6 Å². The van der Waals surface area contributed by atoms with Crippen LogP contribution in [-0.4, -0.2) is 17.1 Å². The molecule has 23 heavy (non-hydrogen) atoms. The molecule has 0 bridgehead atoms. The average molecular weight is 375 g/mol. The minimum absolute atomic E-state index is 0. The molecule has 120 valence electrons. The second-order valence-electron chi connectivity index (χ2n) is 4.55. The smallest absolute Gasteiger partial charge is 0.151 e. The molecule has 0 unspecified atom stereocenters. The summed E-state index contributed by atoms with van der Waals surface area (Å²) in [6.45, 7) is 0. The molecule has 0 fully saturated rings. The summed E-state index contributed by atoms with van der Waals surface area (Å²) in [6, 6.07) is 6.40. The summed E-state index contributed by atoms with van der Waals surface area (Å²) in [5, 5.41) is 0.605. The van der Waals surface area contributed by atoms with Gasteiger partial charge in [0.1, 0.15) is 17.9 Å². The van der Waals surface area contributed by atoms with Gasteiger partial charge in [0.05, 0.1) is 22.7 Å². The third-order valence-electron chi connectivity index (χ3n) is 3.31. The van der Waals surface area contributed by atoms with E-state index >= 15 is 0 Å². The molecule has 0 radical (unpaired) electrons. The molecule has 4 nitrogen and oxygen atoms in total. The van der Waals surface area contributed by atoms with E-state index in [4.69, 9.17) is 33.7 Å². The van der Waals surface area contributed by atoms with Gasteiger partial charge in [-0.15, -0.1) is 12.4 Å². The standard InChI is InChI=1S/C15H10Cl2FN3O.ClH/c1-22-12-5-11-9(15(19)21-6-20-11)4-8(12)7-2-3-10(16)13(17)14(7)18;/h2-6H,1H3,(H2,19,20,21);1H. The highest BCUT2D eigenvalue weighted by atomic mass is 35.5. The minimum atomic E-state index is -0.623. The first-order chi connectivity index (χ1) is 10.5. The number of methoxy groups -OCH3 is 1. The van der Waals surface area contributed by atoms with Crippen molar-refractivity contribution in [2.45, 2.75) is 0 Å². The first-order valence-corrected chi connectivity index (χ1v) is 7.00. The van der Waals surface area contributed by atoms with Crippen LogP contribution in [0, 0.1) is 5.82 Å². The van der Waals surface area contributed by atoms with E-state index in [1.165, 1.54) is 25.6 Å². The molecule has 2 aromatic carbocycles. The third kappa shape index (κ3) is 3.00. The lowest BCUT2D eigenvalue weighted by Gasteiger charge is -2.12. The van der Waals surface area contributed by atoms with Crippen LogP contribution in [0.2, 0.25) is 10.0 Å². The number of rotatable bonds is 2. The van der Waals surface area contributed by atoms with E-state index in [0.29, 0.717) is 28.0 Å². The van der Waals surface area contributed by atoms with Gasteiger partial charge in [0.15, 0.2) is 5.82 Å². The number of hydrogen-bond donors (Lipinski definition) is 1. The minimum Gasteiger partial charge on any atom is -0.496 e. The molecule has 1 aromatic heterocycles. The third-order valence-corrected chi connectivity index (χ3v) is 4.09. The molecule has 0 spiro atoms. The van der Waals surface area contributed by atoms with Crippen LogP contribution in [0.15, 0.2) is 30.6 Å². The highest BCUT2D eigenvalue weighted by Crippen LogP contribution is 2.39. The van der Waals surface area contributed by atoms with E-state index < -0.39 is 5.82 Å². The molecule has 0 aliphatic carbocycles. The predicted molar refractivity (Wildman–Crippen MR) is 93.2 cm³/mol.